The van der Waals surface area contributed by atoms with Gasteiger partial charge in [-0.1, -0.05) is 17.7 Å². The Morgan fingerprint density at radius 1 is 1.32 bits per heavy atom. The molecule has 0 aliphatic carbocycles. The molecule has 2 N–H and O–H groups in total. The number of amidine groups is 1. The zero-order chi connectivity index (χ0) is 20.0. The minimum atomic E-state index is -0.415. The molecule has 3 heterocycles. The number of rotatable bonds is 6. The summed E-state index contributed by atoms with van der Waals surface area (Å²) >= 11 is 1.55. The highest BCUT2D eigenvalue weighted by molar-refractivity contribution is 8.13. The summed E-state index contributed by atoms with van der Waals surface area (Å²) < 4.78 is 5.31. The molecular formula is C20H21N5O2S. The number of carbonyl (C=O) groups excluding carboxylic acids is 1. The molecule has 0 amide bonds. The van der Waals surface area contributed by atoms with E-state index in [1.54, 1.807) is 31.1 Å². The molecule has 0 fully saturated rings. The Hall–Kier alpha value is -2.92. The number of ketones is 1. The van der Waals surface area contributed by atoms with Crippen LogP contribution >= 0.6 is 11.8 Å². The molecule has 0 aromatic carbocycles. The first-order valence-corrected chi connectivity index (χ1v) is 9.79. The van der Waals surface area contributed by atoms with E-state index in [2.05, 4.69) is 31.8 Å². The van der Waals surface area contributed by atoms with Crippen molar-refractivity contribution in [3.05, 3.63) is 47.7 Å². The van der Waals surface area contributed by atoms with Crippen LogP contribution in [0.1, 0.15) is 41.9 Å². The molecule has 1 aliphatic heterocycles. The molecule has 0 saturated carbocycles. The van der Waals surface area contributed by atoms with Crippen molar-refractivity contribution in [3.8, 4) is 17.7 Å². The molecular weight excluding hydrogens is 374 g/mol. The second-order valence-corrected chi connectivity index (χ2v) is 7.57. The van der Waals surface area contributed by atoms with E-state index in [1.165, 1.54) is 12.4 Å². The number of ether oxygens (including phenoxy) is 1. The molecule has 0 bridgehead atoms. The lowest BCUT2D eigenvalue weighted by molar-refractivity contribution is 0.0987. The highest BCUT2D eigenvalue weighted by atomic mass is 32.2. The van der Waals surface area contributed by atoms with Gasteiger partial charge in [0.15, 0.2) is 17.6 Å². The third-order valence-electron chi connectivity index (χ3n) is 4.36. The topological polar surface area (TPSA) is 103 Å². The van der Waals surface area contributed by atoms with Gasteiger partial charge < -0.3 is 10.5 Å². The van der Waals surface area contributed by atoms with Gasteiger partial charge in [0.25, 0.3) is 0 Å². The molecule has 0 radical (unpaired) electrons. The fourth-order valence-electron chi connectivity index (χ4n) is 2.77. The summed E-state index contributed by atoms with van der Waals surface area (Å²) in [6.07, 6.45) is 7.36. The second-order valence-electron chi connectivity index (χ2n) is 6.46. The van der Waals surface area contributed by atoms with Crippen LogP contribution in [0.2, 0.25) is 0 Å². The lowest BCUT2D eigenvalue weighted by Gasteiger charge is -2.29. The minimum Gasteiger partial charge on any atom is -0.463 e. The van der Waals surface area contributed by atoms with Gasteiger partial charge >= 0.3 is 0 Å². The predicted octanol–water partition coefficient (Wildman–Crippen LogP) is 2.37. The van der Waals surface area contributed by atoms with Crippen LogP contribution in [0.4, 0.5) is 0 Å². The van der Waals surface area contributed by atoms with E-state index in [4.69, 9.17) is 10.5 Å². The van der Waals surface area contributed by atoms with Crippen LogP contribution in [0, 0.1) is 11.8 Å². The monoisotopic (exact) mass is 395 g/mol. The van der Waals surface area contributed by atoms with Crippen LogP contribution in [0.25, 0.3) is 0 Å². The molecule has 1 aliphatic rings. The summed E-state index contributed by atoms with van der Waals surface area (Å²) in [5.41, 5.74) is 7.52. The zero-order valence-corrected chi connectivity index (χ0v) is 16.6. The van der Waals surface area contributed by atoms with E-state index in [0.29, 0.717) is 11.0 Å². The number of hydrogen-bond acceptors (Lipinski definition) is 8. The van der Waals surface area contributed by atoms with Crippen molar-refractivity contribution >= 4 is 22.7 Å². The van der Waals surface area contributed by atoms with Crippen LogP contribution < -0.4 is 10.5 Å². The van der Waals surface area contributed by atoms with Crippen molar-refractivity contribution in [3.63, 3.8) is 0 Å². The summed E-state index contributed by atoms with van der Waals surface area (Å²) in [5.74, 6) is 6.60. The normalized spacial score (nSPS) is 18.6. The van der Waals surface area contributed by atoms with Crippen molar-refractivity contribution in [2.45, 2.75) is 32.2 Å². The lowest BCUT2D eigenvalue weighted by Crippen LogP contribution is -2.29. The van der Waals surface area contributed by atoms with Gasteiger partial charge in [0.2, 0.25) is 5.88 Å². The van der Waals surface area contributed by atoms with Gasteiger partial charge in [0, 0.05) is 24.6 Å². The van der Waals surface area contributed by atoms with Crippen molar-refractivity contribution < 1.29 is 9.53 Å². The predicted molar refractivity (Wildman–Crippen MR) is 109 cm³/mol. The summed E-state index contributed by atoms with van der Waals surface area (Å²) in [7, 11) is 0. The van der Waals surface area contributed by atoms with E-state index < -0.39 is 5.54 Å². The maximum Gasteiger partial charge on any atom is 0.233 e. The third-order valence-corrected chi connectivity index (χ3v) is 5.16. The molecule has 0 saturated heterocycles. The average Bonchev–Trinajstić information content (AvgIpc) is 2.69. The van der Waals surface area contributed by atoms with Crippen molar-refractivity contribution in [2.24, 2.45) is 10.7 Å². The van der Waals surface area contributed by atoms with E-state index in [-0.39, 0.29) is 24.5 Å². The van der Waals surface area contributed by atoms with Crippen LogP contribution in [-0.4, -0.2) is 38.3 Å². The standard InChI is InChI=1S/C20H21N5O2S/c1-3-4-6-27-18-13-23-16(12-24-18)17(26)9-14-8-15(11-22-10-14)20(2)5-7-28-19(21)25-20/h8,10-13H,5-7,9H2,1-2H3,(H2,21,25)/t20-/m0/s1. The van der Waals surface area contributed by atoms with Crippen LogP contribution in [0.15, 0.2) is 35.8 Å². The number of pyridine rings is 1. The maximum absolute atomic E-state index is 12.6. The van der Waals surface area contributed by atoms with Gasteiger partial charge in [-0.15, -0.1) is 5.92 Å². The van der Waals surface area contributed by atoms with Gasteiger partial charge in [-0.3, -0.25) is 14.8 Å². The summed E-state index contributed by atoms with van der Waals surface area (Å²) in [6.45, 7) is 4.01. The Kier molecular flexibility index (Phi) is 6.26. The molecule has 8 heteroatoms. The summed E-state index contributed by atoms with van der Waals surface area (Å²) in [4.78, 5) is 29.7. The number of aliphatic imine (C=N–C) groups is 1. The summed E-state index contributed by atoms with van der Waals surface area (Å²) in [6, 6.07) is 1.96. The molecule has 2 aromatic rings. The number of carbonyl (C=O) groups is 1. The Morgan fingerprint density at radius 2 is 2.18 bits per heavy atom. The SMILES string of the molecule is CC#CCOc1cnc(C(=O)Cc2cncc([C@]3(C)CCSC(N)=N3)c2)cn1. The molecule has 28 heavy (non-hydrogen) atoms. The smallest absolute Gasteiger partial charge is 0.233 e. The fourth-order valence-corrected chi connectivity index (χ4v) is 3.74. The van der Waals surface area contributed by atoms with E-state index in [0.717, 1.165) is 23.3 Å². The van der Waals surface area contributed by atoms with E-state index >= 15 is 0 Å². The Bertz CT molecular complexity index is 949. The van der Waals surface area contributed by atoms with Gasteiger partial charge in [0.05, 0.1) is 17.9 Å². The first kappa shape index (κ1) is 19.8. The number of nitrogens with zero attached hydrogens (tertiary/aromatic N) is 4. The highest BCUT2D eigenvalue weighted by Crippen LogP contribution is 2.34. The lowest BCUT2D eigenvalue weighted by atomic mass is 9.90. The van der Waals surface area contributed by atoms with Crippen LogP contribution in [-0.2, 0) is 12.0 Å². The molecule has 2 aromatic heterocycles. The van der Waals surface area contributed by atoms with Gasteiger partial charge in [-0.2, -0.15) is 0 Å². The summed E-state index contributed by atoms with van der Waals surface area (Å²) in [5, 5.41) is 0.581. The van der Waals surface area contributed by atoms with Gasteiger partial charge in [-0.25, -0.2) is 9.97 Å². The average molecular weight is 395 g/mol. The molecule has 144 valence electrons. The van der Waals surface area contributed by atoms with Crippen molar-refractivity contribution in [1.82, 2.24) is 15.0 Å². The first-order valence-electron chi connectivity index (χ1n) is 8.80. The Morgan fingerprint density at radius 3 is 2.89 bits per heavy atom. The molecule has 3 rings (SSSR count). The second kappa shape index (κ2) is 8.85. The molecule has 0 unspecified atom stereocenters. The Labute approximate surface area is 168 Å². The minimum absolute atomic E-state index is 0.140. The first-order chi connectivity index (χ1) is 13.5. The number of Topliss-reactive ketones (excluding diaryl/α,β-unsaturated/α-hetero) is 1. The maximum atomic E-state index is 12.6. The van der Waals surface area contributed by atoms with Gasteiger partial charge in [-0.05, 0) is 37.5 Å². The van der Waals surface area contributed by atoms with Crippen LogP contribution in [0.5, 0.6) is 5.88 Å². The Balaban J connectivity index is 1.70. The van der Waals surface area contributed by atoms with Crippen molar-refractivity contribution in [2.75, 3.05) is 12.4 Å². The largest absolute Gasteiger partial charge is 0.463 e. The molecule has 0 spiro atoms. The van der Waals surface area contributed by atoms with E-state index in [9.17, 15) is 4.79 Å². The van der Waals surface area contributed by atoms with Crippen LogP contribution in [0.3, 0.4) is 0 Å². The number of nitrogens with two attached hydrogens (primary N) is 1. The molecule has 1 atom stereocenters. The quantitative estimate of drug-likeness (QED) is 0.591. The highest BCUT2D eigenvalue weighted by Gasteiger charge is 2.30. The van der Waals surface area contributed by atoms with Crippen molar-refractivity contribution in [1.29, 1.82) is 0 Å². The number of thioether (sulfide) groups is 1. The third kappa shape index (κ3) is 4.87. The fraction of sp³-hybridized carbons (Fsp3) is 0.350. The number of hydrogen-bond donors (Lipinski definition) is 1. The van der Waals surface area contributed by atoms with E-state index in [1.807, 2.05) is 13.0 Å². The zero-order valence-electron chi connectivity index (χ0n) is 15.8. The number of aromatic nitrogens is 3. The van der Waals surface area contributed by atoms with Gasteiger partial charge in [0.1, 0.15) is 5.69 Å². The molecule has 7 nitrogen and oxygen atoms in total.